The van der Waals surface area contributed by atoms with Crippen LogP contribution >= 0.6 is 0 Å². The normalized spacial score (nSPS) is 11.4. The number of rotatable bonds is 4. The Labute approximate surface area is 96.6 Å². The Bertz CT molecular complexity index is 520. The molecule has 2 rings (SSSR count). The van der Waals surface area contributed by atoms with E-state index in [4.69, 9.17) is 4.42 Å². The van der Waals surface area contributed by atoms with E-state index in [9.17, 15) is 13.9 Å². The Morgan fingerprint density at radius 3 is 2.76 bits per heavy atom. The van der Waals surface area contributed by atoms with Gasteiger partial charge in [-0.05, 0) is 18.2 Å². The van der Waals surface area contributed by atoms with Crippen LogP contribution in [0.5, 0.6) is 5.75 Å². The fraction of sp³-hybridized carbons (Fsp3) is 0.333. The smallest absolute Gasteiger partial charge is 0.387 e. The van der Waals surface area contributed by atoms with Crippen molar-refractivity contribution in [3.63, 3.8) is 0 Å². The van der Waals surface area contributed by atoms with Gasteiger partial charge in [0.1, 0.15) is 17.1 Å². The summed E-state index contributed by atoms with van der Waals surface area (Å²) in [6.45, 7) is -1.40. The minimum absolute atomic E-state index is 0.0491. The van der Waals surface area contributed by atoms with Crippen molar-refractivity contribution >= 4 is 11.0 Å². The fourth-order valence-electron chi connectivity index (χ4n) is 1.73. The van der Waals surface area contributed by atoms with Gasteiger partial charge in [-0.15, -0.1) is 0 Å². The maximum Gasteiger partial charge on any atom is 0.387 e. The Hall–Kier alpha value is -1.62. The van der Waals surface area contributed by atoms with Gasteiger partial charge in [-0.3, -0.25) is 0 Å². The molecule has 0 spiro atoms. The highest BCUT2D eigenvalue weighted by Crippen LogP contribution is 2.31. The highest BCUT2D eigenvalue weighted by Gasteiger charge is 2.15. The lowest BCUT2D eigenvalue weighted by Gasteiger charge is -2.08. The summed E-state index contributed by atoms with van der Waals surface area (Å²) in [6, 6.07) is 4.87. The summed E-state index contributed by atoms with van der Waals surface area (Å²) in [5.74, 6) is 0.691. The number of aliphatic hydroxyl groups excluding tert-OH is 1. The summed E-state index contributed by atoms with van der Waals surface area (Å²) in [6.07, 6.45) is 0.699. The van der Waals surface area contributed by atoms with Crippen LogP contribution in [0.25, 0.3) is 11.0 Å². The molecule has 0 atom stereocenters. The predicted octanol–water partition coefficient (Wildman–Crippen LogP) is 3.09. The van der Waals surface area contributed by atoms with Crippen LogP contribution in [0, 0.1) is 0 Å². The predicted molar refractivity (Wildman–Crippen MR) is 58.1 cm³/mol. The molecule has 0 radical (unpaired) electrons. The van der Waals surface area contributed by atoms with Crippen LogP contribution in [0.3, 0.4) is 0 Å². The van der Waals surface area contributed by atoms with E-state index >= 15 is 0 Å². The third-order valence-electron chi connectivity index (χ3n) is 2.52. The van der Waals surface area contributed by atoms with Gasteiger partial charge in [0.05, 0.1) is 12.2 Å². The van der Waals surface area contributed by atoms with E-state index in [0.717, 1.165) is 11.1 Å². The van der Waals surface area contributed by atoms with Gasteiger partial charge in [-0.25, -0.2) is 0 Å². The summed E-state index contributed by atoms with van der Waals surface area (Å²) < 4.78 is 34.2. The molecule has 1 heterocycles. The van der Waals surface area contributed by atoms with Gasteiger partial charge >= 0.3 is 6.61 Å². The SMILES string of the molecule is CCc1cc2ccc(OC(F)F)c(CO)c2o1. The van der Waals surface area contributed by atoms with E-state index < -0.39 is 13.2 Å². The molecule has 0 unspecified atom stereocenters. The van der Waals surface area contributed by atoms with Gasteiger partial charge in [-0.1, -0.05) is 6.92 Å². The Morgan fingerprint density at radius 2 is 2.18 bits per heavy atom. The molecular formula is C12H12F2O3. The zero-order valence-electron chi connectivity index (χ0n) is 9.24. The van der Waals surface area contributed by atoms with Gasteiger partial charge in [0.25, 0.3) is 0 Å². The van der Waals surface area contributed by atoms with E-state index in [0.29, 0.717) is 12.0 Å². The molecule has 1 aromatic carbocycles. The maximum atomic E-state index is 12.2. The lowest BCUT2D eigenvalue weighted by Crippen LogP contribution is -2.04. The molecule has 0 amide bonds. The first kappa shape index (κ1) is 11.9. The molecule has 0 aliphatic carbocycles. The highest BCUT2D eigenvalue weighted by molar-refractivity contribution is 5.83. The summed E-state index contributed by atoms with van der Waals surface area (Å²) >= 11 is 0. The third-order valence-corrected chi connectivity index (χ3v) is 2.52. The van der Waals surface area contributed by atoms with Crippen LogP contribution in [-0.4, -0.2) is 11.7 Å². The first-order valence-electron chi connectivity index (χ1n) is 5.25. The number of halogens is 2. The molecular weight excluding hydrogens is 230 g/mol. The van der Waals surface area contributed by atoms with Gasteiger partial charge in [0, 0.05) is 11.8 Å². The lowest BCUT2D eigenvalue weighted by atomic mass is 10.1. The average Bonchev–Trinajstić information content (AvgIpc) is 2.71. The molecule has 17 heavy (non-hydrogen) atoms. The Balaban J connectivity index is 2.55. The number of furan rings is 1. The van der Waals surface area contributed by atoms with Crippen molar-refractivity contribution in [3.8, 4) is 5.75 Å². The van der Waals surface area contributed by atoms with Crippen LogP contribution in [0.15, 0.2) is 22.6 Å². The molecule has 5 heteroatoms. The van der Waals surface area contributed by atoms with E-state index in [2.05, 4.69) is 4.74 Å². The van der Waals surface area contributed by atoms with E-state index in [-0.39, 0.29) is 11.3 Å². The molecule has 0 aliphatic rings. The highest BCUT2D eigenvalue weighted by atomic mass is 19.3. The number of hydrogen-bond acceptors (Lipinski definition) is 3. The molecule has 2 aromatic rings. The summed E-state index contributed by atoms with van der Waals surface area (Å²) in [7, 11) is 0. The van der Waals surface area contributed by atoms with Crippen LogP contribution in [0.2, 0.25) is 0 Å². The van der Waals surface area contributed by atoms with Crippen molar-refractivity contribution in [2.45, 2.75) is 26.6 Å². The Kier molecular flexibility index (Phi) is 3.28. The molecule has 1 N–H and O–H groups in total. The zero-order valence-corrected chi connectivity index (χ0v) is 9.24. The number of benzene rings is 1. The topological polar surface area (TPSA) is 42.6 Å². The van der Waals surface area contributed by atoms with Gasteiger partial charge in [0.15, 0.2) is 0 Å². The van der Waals surface area contributed by atoms with Crippen molar-refractivity contribution < 1.29 is 23.0 Å². The quantitative estimate of drug-likeness (QED) is 0.895. The molecule has 92 valence electrons. The average molecular weight is 242 g/mol. The molecule has 3 nitrogen and oxygen atoms in total. The Morgan fingerprint density at radius 1 is 1.41 bits per heavy atom. The van der Waals surface area contributed by atoms with Gasteiger partial charge in [0.2, 0.25) is 0 Å². The van der Waals surface area contributed by atoms with Gasteiger partial charge < -0.3 is 14.3 Å². The minimum Gasteiger partial charge on any atom is -0.461 e. The van der Waals surface area contributed by atoms with Crippen LogP contribution < -0.4 is 4.74 Å². The van der Waals surface area contributed by atoms with E-state index in [1.807, 2.05) is 13.0 Å². The van der Waals surface area contributed by atoms with Crippen LogP contribution in [-0.2, 0) is 13.0 Å². The number of aliphatic hydroxyl groups is 1. The van der Waals surface area contributed by atoms with Crippen LogP contribution in [0.1, 0.15) is 18.2 Å². The second-order valence-electron chi connectivity index (χ2n) is 3.56. The van der Waals surface area contributed by atoms with E-state index in [1.54, 1.807) is 6.07 Å². The first-order chi connectivity index (χ1) is 8.15. The van der Waals surface area contributed by atoms with Crippen molar-refractivity contribution in [2.75, 3.05) is 0 Å². The number of hydrogen-bond donors (Lipinski definition) is 1. The molecule has 1 aromatic heterocycles. The van der Waals surface area contributed by atoms with E-state index in [1.165, 1.54) is 6.07 Å². The summed E-state index contributed by atoms with van der Waals surface area (Å²) in [5, 5.41) is 10.00. The summed E-state index contributed by atoms with van der Waals surface area (Å²) in [4.78, 5) is 0. The zero-order chi connectivity index (χ0) is 12.4. The third kappa shape index (κ3) is 2.24. The second-order valence-corrected chi connectivity index (χ2v) is 3.56. The van der Waals surface area contributed by atoms with Crippen LogP contribution in [0.4, 0.5) is 8.78 Å². The molecule has 0 aliphatic heterocycles. The molecule has 0 saturated heterocycles. The standard InChI is InChI=1S/C12H12F2O3/c1-2-8-5-7-3-4-10(17-12(13)14)9(6-15)11(7)16-8/h3-5,12,15H,2,6H2,1H3. The molecule has 0 bridgehead atoms. The first-order valence-corrected chi connectivity index (χ1v) is 5.25. The van der Waals surface area contributed by atoms with Crippen molar-refractivity contribution in [2.24, 2.45) is 0 Å². The molecule has 0 fully saturated rings. The number of alkyl halides is 2. The number of aryl methyl sites for hydroxylation is 1. The molecule has 0 saturated carbocycles. The largest absolute Gasteiger partial charge is 0.461 e. The maximum absolute atomic E-state index is 12.2. The van der Waals surface area contributed by atoms with Gasteiger partial charge in [-0.2, -0.15) is 8.78 Å². The second kappa shape index (κ2) is 4.71. The minimum atomic E-state index is -2.92. The van der Waals surface area contributed by atoms with Crippen molar-refractivity contribution in [1.29, 1.82) is 0 Å². The number of fused-ring (bicyclic) bond motifs is 1. The fourth-order valence-corrected chi connectivity index (χ4v) is 1.73. The van der Waals surface area contributed by atoms with Crippen molar-refractivity contribution in [3.05, 3.63) is 29.5 Å². The number of ether oxygens (including phenoxy) is 1. The van der Waals surface area contributed by atoms with Crippen molar-refractivity contribution in [1.82, 2.24) is 0 Å². The lowest BCUT2D eigenvalue weighted by molar-refractivity contribution is -0.0508. The summed E-state index contributed by atoms with van der Waals surface area (Å²) in [5.41, 5.74) is 0.657. The monoisotopic (exact) mass is 242 g/mol.